The Morgan fingerprint density at radius 2 is 1.86 bits per heavy atom. The van der Waals surface area contributed by atoms with Crippen molar-refractivity contribution in [2.45, 2.75) is 64.5 Å². The maximum Gasteiger partial charge on any atom is 0.0973 e. The average Bonchev–Trinajstić information content (AvgIpc) is 2.77. The first-order valence-corrected chi connectivity index (χ1v) is 9.27. The Labute approximate surface area is 135 Å². The van der Waals surface area contributed by atoms with E-state index in [2.05, 4.69) is 28.0 Å². The maximum atomic E-state index is 10.9. The van der Waals surface area contributed by atoms with Gasteiger partial charge in [0.2, 0.25) is 0 Å². The molecule has 0 saturated heterocycles. The van der Waals surface area contributed by atoms with E-state index >= 15 is 0 Å². The van der Waals surface area contributed by atoms with Gasteiger partial charge in [0.15, 0.2) is 0 Å². The van der Waals surface area contributed by atoms with E-state index in [1.807, 2.05) is 10.9 Å². The van der Waals surface area contributed by atoms with E-state index in [0.717, 1.165) is 40.9 Å². The summed E-state index contributed by atoms with van der Waals surface area (Å²) in [4.78, 5) is 0. The first-order chi connectivity index (χ1) is 10.1. The number of aliphatic hydroxyl groups excluding tert-OH is 1. The van der Waals surface area contributed by atoms with Gasteiger partial charge in [0.25, 0.3) is 0 Å². The fourth-order valence-electron chi connectivity index (χ4n) is 6.00. The number of hydrogen-bond acceptors (Lipinski definition) is 2. The lowest BCUT2D eigenvalue weighted by Crippen LogP contribution is -2.46. The van der Waals surface area contributed by atoms with Crippen LogP contribution >= 0.6 is 15.9 Å². The van der Waals surface area contributed by atoms with E-state index in [0.29, 0.717) is 5.41 Å². The Hall–Kier alpha value is -0.350. The molecule has 1 heterocycles. The molecule has 4 heteroatoms. The zero-order chi connectivity index (χ0) is 14.6. The van der Waals surface area contributed by atoms with E-state index in [1.54, 1.807) is 0 Å². The smallest absolute Gasteiger partial charge is 0.0973 e. The van der Waals surface area contributed by atoms with E-state index in [-0.39, 0.29) is 6.10 Å². The fourth-order valence-corrected chi connectivity index (χ4v) is 6.56. The molecule has 4 saturated carbocycles. The molecule has 21 heavy (non-hydrogen) atoms. The quantitative estimate of drug-likeness (QED) is 0.876. The summed E-state index contributed by atoms with van der Waals surface area (Å²) in [6.07, 6.45) is 10.8. The SMILES string of the molecule is CCn1ncc(Br)c1C(O)CC12CC3CC(CC(C3)C1)C2. The van der Waals surface area contributed by atoms with Crippen LogP contribution in [-0.4, -0.2) is 14.9 Å². The normalized spacial score (nSPS) is 38.9. The summed E-state index contributed by atoms with van der Waals surface area (Å²) in [6, 6.07) is 0. The van der Waals surface area contributed by atoms with Crippen molar-refractivity contribution in [2.24, 2.45) is 23.2 Å². The molecule has 0 amide bonds. The zero-order valence-electron chi connectivity index (χ0n) is 12.8. The molecule has 5 rings (SSSR count). The molecule has 0 radical (unpaired) electrons. The number of nitrogens with zero attached hydrogens (tertiary/aromatic N) is 2. The van der Waals surface area contributed by atoms with Gasteiger partial charge in [0, 0.05) is 6.54 Å². The van der Waals surface area contributed by atoms with Crippen LogP contribution in [0.2, 0.25) is 0 Å². The number of aryl methyl sites for hydroxylation is 1. The number of rotatable bonds is 4. The van der Waals surface area contributed by atoms with Crippen molar-refractivity contribution < 1.29 is 5.11 Å². The second kappa shape index (κ2) is 5.09. The number of halogens is 1. The molecule has 4 aliphatic carbocycles. The summed E-state index contributed by atoms with van der Waals surface area (Å²) in [5.41, 5.74) is 1.39. The Bertz CT molecular complexity index is 504. The molecule has 116 valence electrons. The lowest BCUT2D eigenvalue weighted by Gasteiger charge is -2.57. The summed E-state index contributed by atoms with van der Waals surface area (Å²) in [6.45, 7) is 2.90. The van der Waals surface area contributed by atoms with Gasteiger partial charge in [-0.2, -0.15) is 5.10 Å². The van der Waals surface area contributed by atoms with Gasteiger partial charge in [-0.05, 0) is 91.0 Å². The van der Waals surface area contributed by atoms with E-state index in [1.165, 1.54) is 38.5 Å². The van der Waals surface area contributed by atoms with Crippen molar-refractivity contribution in [3.05, 3.63) is 16.4 Å². The fraction of sp³-hybridized carbons (Fsp3) is 0.824. The van der Waals surface area contributed by atoms with Crippen LogP contribution in [0.15, 0.2) is 10.7 Å². The summed E-state index contributed by atoms with van der Waals surface area (Å²) >= 11 is 3.57. The molecule has 1 aromatic heterocycles. The minimum Gasteiger partial charge on any atom is -0.387 e. The average molecular weight is 353 g/mol. The summed E-state index contributed by atoms with van der Waals surface area (Å²) < 4.78 is 2.90. The Morgan fingerprint density at radius 3 is 2.38 bits per heavy atom. The minimum atomic E-state index is -0.377. The van der Waals surface area contributed by atoms with Crippen LogP contribution in [0.25, 0.3) is 0 Å². The first kappa shape index (κ1) is 14.3. The Balaban J connectivity index is 1.56. The molecule has 3 nitrogen and oxygen atoms in total. The van der Waals surface area contributed by atoms with E-state index in [9.17, 15) is 5.11 Å². The van der Waals surface area contributed by atoms with Crippen molar-refractivity contribution in [3.63, 3.8) is 0 Å². The lowest BCUT2D eigenvalue weighted by atomic mass is 9.48. The van der Waals surface area contributed by atoms with Gasteiger partial charge in [-0.25, -0.2) is 0 Å². The van der Waals surface area contributed by atoms with Crippen molar-refractivity contribution in [1.29, 1.82) is 0 Å². The molecular formula is C17H25BrN2O. The Kier molecular flexibility index (Phi) is 3.45. The Morgan fingerprint density at radius 1 is 1.29 bits per heavy atom. The van der Waals surface area contributed by atoms with Gasteiger partial charge in [0.1, 0.15) is 0 Å². The van der Waals surface area contributed by atoms with Gasteiger partial charge in [-0.3, -0.25) is 4.68 Å². The predicted molar refractivity (Wildman–Crippen MR) is 85.8 cm³/mol. The third-order valence-electron chi connectivity index (χ3n) is 6.24. The number of aromatic nitrogens is 2. The van der Waals surface area contributed by atoms with E-state index < -0.39 is 0 Å². The summed E-state index contributed by atoms with van der Waals surface area (Å²) in [5, 5.41) is 15.2. The molecule has 1 atom stereocenters. The third-order valence-corrected chi connectivity index (χ3v) is 6.85. The standard InChI is InChI=1S/C17H25BrN2O/c1-2-20-16(14(18)10-19-20)15(21)9-17-6-11-3-12(7-17)5-13(4-11)8-17/h10-13,15,21H,2-9H2,1H3. The van der Waals surface area contributed by atoms with Gasteiger partial charge < -0.3 is 5.11 Å². The molecule has 4 fully saturated rings. The molecule has 4 aliphatic rings. The second-order valence-electron chi connectivity index (χ2n) is 7.83. The lowest BCUT2D eigenvalue weighted by molar-refractivity contribution is -0.0774. The van der Waals surface area contributed by atoms with Crippen LogP contribution in [0.5, 0.6) is 0 Å². The second-order valence-corrected chi connectivity index (χ2v) is 8.69. The van der Waals surface area contributed by atoms with Crippen LogP contribution in [0.4, 0.5) is 0 Å². The topological polar surface area (TPSA) is 38.0 Å². The number of hydrogen-bond donors (Lipinski definition) is 1. The molecule has 1 aromatic rings. The summed E-state index contributed by atoms with van der Waals surface area (Å²) in [5.74, 6) is 2.84. The van der Waals surface area contributed by atoms with E-state index in [4.69, 9.17) is 0 Å². The highest BCUT2D eigenvalue weighted by Gasteiger charge is 2.51. The van der Waals surface area contributed by atoms with Crippen molar-refractivity contribution in [3.8, 4) is 0 Å². The van der Waals surface area contributed by atoms with Crippen molar-refractivity contribution >= 4 is 15.9 Å². The van der Waals surface area contributed by atoms with Crippen LogP contribution in [-0.2, 0) is 6.54 Å². The first-order valence-electron chi connectivity index (χ1n) is 8.48. The predicted octanol–water partition coefficient (Wildman–Crippen LogP) is 4.31. The van der Waals surface area contributed by atoms with Crippen LogP contribution in [0.3, 0.4) is 0 Å². The van der Waals surface area contributed by atoms with Crippen molar-refractivity contribution in [2.75, 3.05) is 0 Å². The molecule has 1 unspecified atom stereocenters. The molecular weight excluding hydrogens is 328 g/mol. The van der Waals surface area contributed by atoms with Crippen molar-refractivity contribution in [1.82, 2.24) is 9.78 Å². The van der Waals surface area contributed by atoms with Crippen LogP contribution in [0, 0.1) is 23.2 Å². The number of aliphatic hydroxyl groups is 1. The molecule has 0 spiro atoms. The molecule has 4 bridgehead atoms. The zero-order valence-corrected chi connectivity index (χ0v) is 14.3. The highest BCUT2D eigenvalue weighted by Crippen LogP contribution is 2.62. The van der Waals surface area contributed by atoms with Gasteiger partial charge in [-0.15, -0.1) is 0 Å². The van der Waals surface area contributed by atoms with Crippen LogP contribution < -0.4 is 0 Å². The highest BCUT2D eigenvalue weighted by atomic mass is 79.9. The van der Waals surface area contributed by atoms with Gasteiger partial charge in [-0.1, -0.05) is 0 Å². The molecule has 1 N–H and O–H groups in total. The van der Waals surface area contributed by atoms with Gasteiger partial charge >= 0.3 is 0 Å². The third kappa shape index (κ3) is 2.39. The summed E-state index contributed by atoms with van der Waals surface area (Å²) in [7, 11) is 0. The minimum absolute atomic E-state index is 0.377. The molecule has 0 aliphatic heterocycles. The monoisotopic (exact) mass is 352 g/mol. The highest BCUT2D eigenvalue weighted by molar-refractivity contribution is 9.10. The van der Waals surface area contributed by atoms with Crippen LogP contribution in [0.1, 0.15) is 63.7 Å². The molecule has 0 aromatic carbocycles. The largest absolute Gasteiger partial charge is 0.387 e. The van der Waals surface area contributed by atoms with Gasteiger partial charge in [0.05, 0.1) is 22.5 Å². The maximum absolute atomic E-state index is 10.9.